The van der Waals surface area contributed by atoms with Gasteiger partial charge in [0.1, 0.15) is 10.8 Å². The molecule has 3 rings (SSSR count). The number of nitrogens with zero attached hydrogens (tertiary/aromatic N) is 5. The average Bonchev–Trinajstić information content (AvgIpc) is 3.20. The lowest BCUT2D eigenvalue weighted by Gasteiger charge is -2.20. The number of rotatable bonds is 6. The number of nitrogens with one attached hydrogen (secondary N) is 1. The lowest BCUT2D eigenvalue weighted by molar-refractivity contribution is -0.113. The van der Waals surface area contributed by atoms with Gasteiger partial charge in [0.15, 0.2) is 5.16 Å². The molecule has 0 spiro atoms. The minimum absolute atomic E-state index is 0.0963. The molecule has 1 aliphatic rings. The van der Waals surface area contributed by atoms with E-state index in [2.05, 4.69) is 25.7 Å². The molecule has 0 bridgehead atoms. The van der Waals surface area contributed by atoms with Crippen molar-refractivity contribution in [3.05, 3.63) is 10.8 Å². The molecule has 2 heterocycles. The van der Waals surface area contributed by atoms with Crippen LogP contribution in [0.3, 0.4) is 0 Å². The lowest BCUT2D eigenvalue weighted by Crippen LogP contribution is -2.14. The Morgan fingerprint density at radius 2 is 2.04 bits per heavy atom. The lowest BCUT2D eigenvalue weighted by atomic mass is 9.89. The zero-order chi connectivity index (χ0) is 16.9. The van der Waals surface area contributed by atoms with Crippen molar-refractivity contribution < 1.29 is 4.79 Å². The van der Waals surface area contributed by atoms with Crippen molar-refractivity contribution >= 4 is 34.1 Å². The Kier molecular flexibility index (Phi) is 5.83. The summed E-state index contributed by atoms with van der Waals surface area (Å²) in [5.74, 6) is 1.75. The van der Waals surface area contributed by atoms with Crippen LogP contribution >= 0.6 is 23.1 Å². The fourth-order valence-corrected chi connectivity index (χ4v) is 4.31. The molecule has 1 amide bonds. The van der Waals surface area contributed by atoms with E-state index < -0.39 is 0 Å². The van der Waals surface area contributed by atoms with Crippen molar-refractivity contribution in [3.8, 4) is 0 Å². The van der Waals surface area contributed by atoms with Gasteiger partial charge in [-0.1, -0.05) is 49.3 Å². The Balaban J connectivity index is 1.54. The normalized spacial score (nSPS) is 15.6. The van der Waals surface area contributed by atoms with Gasteiger partial charge in [0.2, 0.25) is 11.0 Å². The van der Waals surface area contributed by atoms with E-state index in [4.69, 9.17) is 0 Å². The third kappa shape index (κ3) is 4.13. The molecule has 9 heteroatoms. The summed E-state index contributed by atoms with van der Waals surface area (Å²) in [7, 11) is 1.99. The Morgan fingerprint density at radius 1 is 1.25 bits per heavy atom. The molecular formula is C15H22N6OS2. The molecule has 0 saturated heterocycles. The number of hydrogen-bond donors (Lipinski definition) is 1. The molecule has 130 valence electrons. The zero-order valence-electron chi connectivity index (χ0n) is 14.0. The number of thioether (sulfide) groups is 1. The van der Waals surface area contributed by atoms with Crippen LogP contribution in [0.25, 0.3) is 0 Å². The third-order valence-corrected chi connectivity index (χ3v) is 6.19. The summed E-state index contributed by atoms with van der Waals surface area (Å²) in [4.78, 5) is 12.1. The first-order chi connectivity index (χ1) is 11.7. The third-order valence-electron chi connectivity index (χ3n) is 4.19. The topological polar surface area (TPSA) is 85.6 Å². The summed E-state index contributed by atoms with van der Waals surface area (Å²) in [6.07, 6.45) is 7.06. The molecule has 0 atom stereocenters. The summed E-state index contributed by atoms with van der Waals surface area (Å²) in [5, 5.41) is 21.6. The van der Waals surface area contributed by atoms with Gasteiger partial charge in [-0.05, 0) is 19.3 Å². The van der Waals surface area contributed by atoms with Crippen molar-refractivity contribution in [2.75, 3.05) is 11.1 Å². The maximum atomic E-state index is 12.1. The zero-order valence-corrected chi connectivity index (χ0v) is 15.6. The highest BCUT2D eigenvalue weighted by atomic mass is 32.2. The Hall–Kier alpha value is -1.48. The molecule has 0 unspecified atom stereocenters. The van der Waals surface area contributed by atoms with Gasteiger partial charge >= 0.3 is 0 Å². The smallest absolute Gasteiger partial charge is 0.236 e. The van der Waals surface area contributed by atoms with Gasteiger partial charge in [-0.3, -0.25) is 10.1 Å². The number of aromatic nitrogens is 5. The first kappa shape index (κ1) is 17.3. The van der Waals surface area contributed by atoms with Gasteiger partial charge in [-0.25, -0.2) is 0 Å². The number of anilines is 1. The van der Waals surface area contributed by atoms with Gasteiger partial charge in [-0.15, -0.1) is 20.4 Å². The summed E-state index contributed by atoms with van der Waals surface area (Å²) in [6.45, 7) is 2.01. The molecule has 1 N–H and O–H groups in total. The average molecular weight is 367 g/mol. The van der Waals surface area contributed by atoms with Crippen molar-refractivity contribution in [3.63, 3.8) is 0 Å². The second-order valence-electron chi connectivity index (χ2n) is 5.93. The fourth-order valence-electron chi connectivity index (χ4n) is 2.90. The molecule has 2 aromatic heterocycles. The van der Waals surface area contributed by atoms with Crippen LogP contribution in [-0.4, -0.2) is 36.6 Å². The predicted molar refractivity (Wildman–Crippen MR) is 95.5 cm³/mol. The highest BCUT2D eigenvalue weighted by molar-refractivity contribution is 7.99. The molecule has 0 aromatic carbocycles. The van der Waals surface area contributed by atoms with E-state index in [1.54, 1.807) is 0 Å². The Bertz CT molecular complexity index is 692. The summed E-state index contributed by atoms with van der Waals surface area (Å²) < 4.78 is 2.04. The maximum absolute atomic E-state index is 12.1. The van der Waals surface area contributed by atoms with Crippen LogP contribution in [0.4, 0.5) is 5.13 Å². The molecule has 1 aliphatic carbocycles. The van der Waals surface area contributed by atoms with Crippen LogP contribution in [0.5, 0.6) is 0 Å². The number of carbonyl (C=O) groups excluding carboxylic acids is 1. The van der Waals surface area contributed by atoms with E-state index in [0.29, 0.717) is 11.0 Å². The van der Waals surface area contributed by atoms with Crippen LogP contribution in [0.1, 0.15) is 55.8 Å². The van der Waals surface area contributed by atoms with E-state index in [1.807, 2.05) is 18.5 Å². The highest BCUT2D eigenvalue weighted by Gasteiger charge is 2.22. The fraction of sp³-hybridized carbons (Fsp3) is 0.667. The summed E-state index contributed by atoms with van der Waals surface area (Å²) in [5.41, 5.74) is 0. The predicted octanol–water partition coefficient (Wildman–Crippen LogP) is 3.01. The van der Waals surface area contributed by atoms with Gasteiger partial charge in [-0.2, -0.15) is 0 Å². The number of carbonyl (C=O) groups is 1. The van der Waals surface area contributed by atoms with Crippen molar-refractivity contribution in [1.82, 2.24) is 25.0 Å². The van der Waals surface area contributed by atoms with Gasteiger partial charge in [0.25, 0.3) is 0 Å². The molecule has 24 heavy (non-hydrogen) atoms. The SMILES string of the molecule is CCc1nnc(NC(=O)CSc2nnc(C3CCCCC3)n2C)s1. The molecule has 1 fully saturated rings. The maximum Gasteiger partial charge on any atom is 0.236 e. The van der Waals surface area contributed by atoms with Crippen molar-refractivity contribution in [2.24, 2.45) is 7.05 Å². The summed E-state index contributed by atoms with van der Waals surface area (Å²) in [6, 6.07) is 0. The van der Waals surface area contributed by atoms with E-state index in [0.717, 1.165) is 22.4 Å². The van der Waals surface area contributed by atoms with Crippen LogP contribution in [0.15, 0.2) is 5.16 Å². The molecule has 0 aliphatic heterocycles. The molecule has 1 saturated carbocycles. The van der Waals surface area contributed by atoms with E-state index in [9.17, 15) is 4.79 Å². The summed E-state index contributed by atoms with van der Waals surface area (Å²) >= 11 is 2.82. The first-order valence-electron chi connectivity index (χ1n) is 8.31. The Morgan fingerprint density at radius 3 is 2.75 bits per heavy atom. The quantitative estimate of drug-likeness (QED) is 0.791. The highest BCUT2D eigenvalue weighted by Crippen LogP contribution is 2.32. The van der Waals surface area contributed by atoms with Gasteiger partial charge in [0.05, 0.1) is 5.75 Å². The largest absolute Gasteiger partial charge is 0.309 e. The van der Waals surface area contributed by atoms with Gasteiger partial charge in [0, 0.05) is 13.0 Å². The van der Waals surface area contributed by atoms with E-state index in [-0.39, 0.29) is 11.7 Å². The van der Waals surface area contributed by atoms with Crippen molar-refractivity contribution in [1.29, 1.82) is 0 Å². The Labute approximate surface area is 149 Å². The molecule has 7 nitrogen and oxygen atoms in total. The second kappa shape index (κ2) is 8.06. The van der Waals surface area contributed by atoms with Crippen LogP contribution in [0.2, 0.25) is 0 Å². The van der Waals surface area contributed by atoms with Crippen LogP contribution in [-0.2, 0) is 18.3 Å². The van der Waals surface area contributed by atoms with Crippen molar-refractivity contribution in [2.45, 2.75) is 56.5 Å². The van der Waals surface area contributed by atoms with Crippen LogP contribution in [0, 0.1) is 0 Å². The molecule has 0 radical (unpaired) electrons. The number of hydrogen-bond acceptors (Lipinski definition) is 7. The van der Waals surface area contributed by atoms with E-state index in [1.165, 1.54) is 55.2 Å². The number of amides is 1. The molecule has 2 aromatic rings. The minimum Gasteiger partial charge on any atom is -0.309 e. The minimum atomic E-state index is -0.0963. The second-order valence-corrected chi connectivity index (χ2v) is 7.93. The number of aryl methyl sites for hydroxylation is 1. The molecular weight excluding hydrogens is 344 g/mol. The standard InChI is InChI=1S/C15H22N6OS2/c1-3-12-17-19-14(24-12)16-11(22)9-23-15-20-18-13(21(15)2)10-7-5-4-6-8-10/h10H,3-9H2,1-2H3,(H,16,19,22). The first-order valence-corrected chi connectivity index (χ1v) is 10.1. The van der Waals surface area contributed by atoms with Crippen LogP contribution < -0.4 is 5.32 Å². The van der Waals surface area contributed by atoms with E-state index >= 15 is 0 Å². The van der Waals surface area contributed by atoms with Gasteiger partial charge < -0.3 is 4.57 Å². The monoisotopic (exact) mass is 366 g/mol.